The SMILES string of the molecule is CC(C)c1c(N)c(N=[Se])c(C(C)C)c2c1=NCN=2. The molecule has 18 heavy (non-hydrogen) atoms. The van der Waals surface area contributed by atoms with Gasteiger partial charge in [-0.1, -0.05) is 0 Å². The van der Waals surface area contributed by atoms with Crippen LogP contribution < -0.4 is 16.4 Å². The third-order valence-electron chi connectivity index (χ3n) is 3.24. The minimum absolute atomic E-state index is 0.317. The third-order valence-corrected chi connectivity index (χ3v) is 3.62. The Labute approximate surface area is 115 Å². The number of anilines is 1. The molecule has 0 spiro atoms. The number of hydrogen-bond donors (Lipinski definition) is 1. The maximum atomic E-state index is 6.29. The second-order valence-corrected chi connectivity index (χ2v) is 5.53. The molecule has 4 nitrogen and oxygen atoms in total. The number of benzene rings is 1. The minimum atomic E-state index is 0.317. The average molecular weight is 309 g/mol. The van der Waals surface area contributed by atoms with Crippen molar-refractivity contribution >= 4 is 27.2 Å². The van der Waals surface area contributed by atoms with Crippen molar-refractivity contribution in [1.29, 1.82) is 0 Å². The van der Waals surface area contributed by atoms with Gasteiger partial charge in [0, 0.05) is 0 Å². The molecule has 1 aliphatic rings. The quantitative estimate of drug-likeness (QED) is 0.670. The Morgan fingerprint density at radius 3 is 2.00 bits per heavy atom. The summed E-state index contributed by atoms with van der Waals surface area (Å²) in [6, 6.07) is 0. The van der Waals surface area contributed by atoms with Crippen LogP contribution in [0.25, 0.3) is 0 Å². The predicted molar refractivity (Wildman–Crippen MR) is 74.1 cm³/mol. The third kappa shape index (κ3) is 1.91. The van der Waals surface area contributed by atoms with E-state index in [1.165, 1.54) is 0 Å². The van der Waals surface area contributed by atoms with E-state index in [0.29, 0.717) is 18.5 Å². The van der Waals surface area contributed by atoms with E-state index in [4.69, 9.17) is 5.73 Å². The molecule has 0 amide bonds. The first-order valence-electron chi connectivity index (χ1n) is 6.16. The first-order chi connectivity index (χ1) is 8.49. The van der Waals surface area contributed by atoms with E-state index in [1.807, 2.05) is 0 Å². The van der Waals surface area contributed by atoms with Gasteiger partial charge in [0.05, 0.1) is 0 Å². The number of nitrogens with two attached hydrogens (primary N) is 1. The van der Waals surface area contributed by atoms with Gasteiger partial charge in [0.25, 0.3) is 0 Å². The summed E-state index contributed by atoms with van der Waals surface area (Å²) in [5.74, 6) is 0.643. The summed E-state index contributed by atoms with van der Waals surface area (Å²) in [4.78, 5) is 9.02. The van der Waals surface area contributed by atoms with E-state index >= 15 is 0 Å². The number of rotatable bonds is 3. The molecule has 1 heterocycles. The Kier molecular flexibility index (Phi) is 3.64. The summed E-state index contributed by atoms with van der Waals surface area (Å²) >= 11 is 2.73. The van der Waals surface area contributed by atoms with Crippen molar-refractivity contribution in [3.8, 4) is 0 Å². The molecule has 0 saturated carbocycles. The molecule has 0 saturated heterocycles. The number of nitrogens with zero attached hydrogens (tertiary/aromatic N) is 3. The summed E-state index contributed by atoms with van der Waals surface area (Å²) in [5.41, 5.74) is 10.1. The molecule has 0 radical (unpaired) electrons. The van der Waals surface area contributed by atoms with Crippen LogP contribution in [0.3, 0.4) is 0 Å². The van der Waals surface area contributed by atoms with Crippen molar-refractivity contribution < 1.29 is 0 Å². The van der Waals surface area contributed by atoms with E-state index < -0.39 is 0 Å². The molecule has 0 aromatic heterocycles. The van der Waals surface area contributed by atoms with Gasteiger partial charge >= 0.3 is 115 Å². The molecule has 0 atom stereocenters. The van der Waals surface area contributed by atoms with Crippen molar-refractivity contribution in [1.82, 2.24) is 0 Å². The maximum absolute atomic E-state index is 6.29. The van der Waals surface area contributed by atoms with Crippen LogP contribution in [0.1, 0.15) is 50.7 Å². The van der Waals surface area contributed by atoms with E-state index in [9.17, 15) is 0 Å². The Morgan fingerprint density at radius 1 is 1.06 bits per heavy atom. The van der Waals surface area contributed by atoms with Gasteiger partial charge in [0.15, 0.2) is 0 Å². The van der Waals surface area contributed by atoms with Crippen molar-refractivity contribution in [2.75, 3.05) is 12.4 Å². The van der Waals surface area contributed by atoms with Crippen molar-refractivity contribution in [3.05, 3.63) is 21.8 Å². The molecule has 2 rings (SSSR count). The van der Waals surface area contributed by atoms with Crippen LogP contribution >= 0.6 is 0 Å². The molecular formula is C13H18N4Se. The number of hydrogen-bond acceptors (Lipinski definition) is 4. The van der Waals surface area contributed by atoms with E-state index in [1.54, 1.807) is 0 Å². The zero-order valence-electron chi connectivity index (χ0n) is 11.2. The normalized spacial score (nSPS) is 13.4. The molecule has 0 bridgehead atoms. The average Bonchev–Trinajstić information content (AvgIpc) is 2.74. The number of nitrogen functional groups attached to an aromatic ring is 1. The summed E-state index contributed by atoms with van der Waals surface area (Å²) in [7, 11) is 0. The molecule has 96 valence electrons. The van der Waals surface area contributed by atoms with Crippen LogP contribution in [0, 0.1) is 0 Å². The van der Waals surface area contributed by atoms with Gasteiger partial charge in [0.2, 0.25) is 0 Å². The van der Waals surface area contributed by atoms with E-state index in [0.717, 1.165) is 33.2 Å². The van der Waals surface area contributed by atoms with Crippen molar-refractivity contribution in [2.45, 2.75) is 39.5 Å². The monoisotopic (exact) mass is 310 g/mol. The molecule has 1 aromatic carbocycles. The van der Waals surface area contributed by atoms with Crippen molar-refractivity contribution in [2.24, 2.45) is 13.9 Å². The molecular weight excluding hydrogens is 291 g/mol. The fourth-order valence-corrected chi connectivity index (χ4v) is 2.91. The first kappa shape index (κ1) is 13.4. The molecule has 0 fully saturated rings. The van der Waals surface area contributed by atoms with Crippen LogP contribution in [-0.2, 0) is 0 Å². The van der Waals surface area contributed by atoms with Crippen LogP contribution in [0.2, 0.25) is 0 Å². The summed E-state index contributed by atoms with van der Waals surface area (Å²) < 4.78 is 4.26. The Bertz CT molecular complexity index is 617. The molecule has 0 unspecified atom stereocenters. The van der Waals surface area contributed by atoms with Crippen LogP contribution in [0.5, 0.6) is 0 Å². The number of fused-ring (bicyclic) bond motifs is 1. The van der Waals surface area contributed by atoms with Gasteiger partial charge in [0.1, 0.15) is 0 Å². The van der Waals surface area contributed by atoms with Gasteiger partial charge in [-0.2, -0.15) is 0 Å². The van der Waals surface area contributed by atoms with Gasteiger partial charge < -0.3 is 0 Å². The standard InChI is InChI=1S/C13H18N4Se/c1-6(2)8-10(14)11(17-18)9(7(3)4)13-12(8)15-5-16-13/h6-7H,5,14H2,1-4H3. The van der Waals surface area contributed by atoms with Crippen LogP contribution in [0.4, 0.5) is 11.4 Å². The second-order valence-electron chi connectivity index (χ2n) is 5.15. The van der Waals surface area contributed by atoms with Crippen molar-refractivity contribution in [3.63, 3.8) is 0 Å². The fourth-order valence-electron chi connectivity index (χ4n) is 2.49. The topological polar surface area (TPSA) is 63.1 Å². The van der Waals surface area contributed by atoms with Gasteiger partial charge in [-0.05, 0) is 0 Å². The second kappa shape index (κ2) is 4.90. The Morgan fingerprint density at radius 2 is 1.56 bits per heavy atom. The molecule has 0 aliphatic carbocycles. The predicted octanol–water partition coefficient (Wildman–Crippen LogP) is 1.71. The molecule has 1 aromatic rings. The zero-order chi connectivity index (χ0) is 13.4. The van der Waals surface area contributed by atoms with E-state index in [-0.39, 0.29) is 0 Å². The first-order valence-corrected chi connectivity index (χ1v) is 6.93. The fraction of sp³-hybridized carbons (Fsp3) is 0.538. The molecule has 2 N–H and O–H groups in total. The Balaban J connectivity index is 2.99. The Hall–Kier alpha value is -1.06. The van der Waals surface area contributed by atoms with Crippen LogP contribution in [-0.4, -0.2) is 22.5 Å². The summed E-state index contributed by atoms with van der Waals surface area (Å²) in [5, 5.41) is 1.95. The molecule has 5 heteroatoms. The summed E-state index contributed by atoms with van der Waals surface area (Å²) in [6.45, 7) is 9.01. The van der Waals surface area contributed by atoms with E-state index in [2.05, 4.69) is 57.5 Å². The van der Waals surface area contributed by atoms with Gasteiger partial charge in [-0.25, -0.2) is 0 Å². The van der Waals surface area contributed by atoms with Crippen LogP contribution in [0.15, 0.2) is 13.9 Å². The van der Waals surface area contributed by atoms with Gasteiger partial charge in [-0.3, -0.25) is 0 Å². The zero-order valence-corrected chi connectivity index (χ0v) is 12.9. The van der Waals surface area contributed by atoms with Gasteiger partial charge in [-0.15, -0.1) is 0 Å². The summed E-state index contributed by atoms with van der Waals surface area (Å²) in [6.07, 6.45) is 0. The molecule has 1 aliphatic heterocycles.